The Morgan fingerprint density at radius 3 is 2.67 bits per heavy atom. The molecule has 216 valence electrons. The van der Waals surface area contributed by atoms with E-state index in [2.05, 4.69) is 36.7 Å². The predicted molar refractivity (Wildman–Crippen MR) is 150 cm³/mol. The second-order valence-electron chi connectivity index (χ2n) is 11.8. The maximum atomic E-state index is 13.9. The first-order valence-electron chi connectivity index (χ1n) is 14.4. The topological polar surface area (TPSA) is 101 Å². The molecule has 2 saturated heterocycles. The summed E-state index contributed by atoms with van der Waals surface area (Å²) in [6, 6.07) is 9.40. The van der Waals surface area contributed by atoms with Crippen molar-refractivity contribution < 1.29 is 28.9 Å². The molecule has 0 aliphatic carbocycles. The summed E-state index contributed by atoms with van der Waals surface area (Å²) in [6.07, 6.45) is 6.16. The van der Waals surface area contributed by atoms with Gasteiger partial charge in [0.05, 0.1) is 44.2 Å². The number of carbonyl (C=O) groups is 2. The zero-order valence-electron chi connectivity index (χ0n) is 23.8. The van der Waals surface area contributed by atoms with Gasteiger partial charge in [0.2, 0.25) is 5.91 Å². The van der Waals surface area contributed by atoms with Gasteiger partial charge in [0.15, 0.2) is 6.29 Å². The molecule has 2 aromatic rings. The lowest BCUT2D eigenvalue weighted by Gasteiger charge is -2.37. The monoisotopic (exact) mass is 551 g/mol. The van der Waals surface area contributed by atoms with Gasteiger partial charge in [-0.25, -0.2) is 0 Å². The van der Waals surface area contributed by atoms with Crippen LogP contribution in [-0.2, 0) is 25.5 Å². The van der Waals surface area contributed by atoms with Crippen LogP contribution in [0.1, 0.15) is 57.1 Å². The zero-order chi connectivity index (χ0) is 28.3. The smallest absolute Gasteiger partial charge is 0.308 e. The number of hydrogen-bond donors (Lipinski definition) is 1. The van der Waals surface area contributed by atoms with Crippen LogP contribution in [0.4, 0.5) is 5.69 Å². The molecule has 2 fully saturated rings. The number of amides is 1. The summed E-state index contributed by atoms with van der Waals surface area (Å²) in [5, 5.41) is 10.6. The van der Waals surface area contributed by atoms with Crippen LogP contribution in [0.2, 0.25) is 0 Å². The van der Waals surface area contributed by atoms with Gasteiger partial charge < -0.3 is 24.2 Å². The first-order valence-corrected chi connectivity index (χ1v) is 14.4. The maximum Gasteiger partial charge on any atom is 0.308 e. The van der Waals surface area contributed by atoms with Gasteiger partial charge in [-0.3, -0.25) is 19.5 Å². The Hall–Kier alpha value is -3.01. The van der Waals surface area contributed by atoms with E-state index in [1.807, 2.05) is 24.3 Å². The number of aromatic nitrogens is 1. The number of benzene rings is 1. The summed E-state index contributed by atoms with van der Waals surface area (Å²) < 4.78 is 17.4. The van der Waals surface area contributed by atoms with Crippen LogP contribution in [0, 0.1) is 11.3 Å². The SMILES string of the molecule is CCCCN(C(=O)CN1C[C@H](c2ccc3c(c2)CCO3)C(C(=O)O)[C@@H]1CC(C)(C)C1OCCO1)c1cccnc1. The third-order valence-electron chi connectivity index (χ3n) is 8.50. The molecule has 4 heterocycles. The van der Waals surface area contributed by atoms with Crippen LogP contribution in [0.15, 0.2) is 42.7 Å². The highest BCUT2D eigenvalue weighted by Gasteiger charge is 2.50. The van der Waals surface area contributed by atoms with Crippen LogP contribution in [0.5, 0.6) is 5.75 Å². The van der Waals surface area contributed by atoms with Crippen LogP contribution in [0.3, 0.4) is 0 Å². The van der Waals surface area contributed by atoms with Gasteiger partial charge in [-0.15, -0.1) is 0 Å². The van der Waals surface area contributed by atoms with Gasteiger partial charge in [0.1, 0.15) is 5.75 Å². The summed E-state index contributed by atoms with van der Waals surface area (Å²) in [6.45, 7) is 9.11. The number of carboxylic acids is 1. The van der Waals surface area contributed by atoms with E-state index in [-0.39, 0.29) is 24.4 Å². The Kier molecular flexibility index (Phi) is 8.73. The van der Waals surface area contributed by atoms with Crippen molar-refractivity contribution in [2.45, 2.75) is 64.7 Å². The Bertz CT molecular complexity index is 1180. The molecule has 1 unspecified atom stereocenters. The Labute approximate surface area is 236 Å². The molecule has 1 aromatic heterocycles. The van der Waals surface area contributed by atoms with Gasteiger partial charge in [-0.1, -0.05) is 39.3 Å². The first-order chi connectivity index (χ1) is 19.3. The van der Waals surface area contributed by atoms with Crippen LogP contribution in [0.25, 0.3) is 0 Å². The fourth-order valence-electron chi connectivity index (χ4n) is 6.45. The van der Waals surface area contributed by atoms with E-state index < -0.39 is 23.6 Å². The Balaban J connectivity index is 1.46. The maximum absolute atomic E-state index is 13.9. The number of pyridine rings is 1. The zero-order valence-corrected chi connectivity index (χ0v) is 23.8. The lowest BCUT2D eigenvalue weighted by molar-refractivity contribution is -0.147. The summed E-state index contributed by atoms with van der Waals surface area (Å²) in [7, 11) is 0. The Morgan fingerprint density at radius 2 is 1.98 bits per heavy atom. The van der Waals surface area contributed by atoms with Gasteiger partial charge in [0.25, 0.3) is 0 Å². The number of likely N-dealkylation sites (tertiary alicyclic amines) is 1. The fourth-order valence-corrected chi connectivity index (χ4v) is 6.45. The number of carboxylic acid groups (broad SMARTS) is 1. The second-order valence-corrected chi connectivity index (χ2v) is 11.8. The molecule has 0 saturated carbocycles. The molecule has 9 nitrogen and oxygen atoms in total. The van der Waals surface area contributed by atoms with Crippen molar-refractivity contribution in [1.29, 1.82) is 0 Å². The number of rotatable bonds is 11. The summed E-state index contributed by atoms with van der Waals surface area (Å²) in [5.74, 6) is -0.969. The highest BCUT2D eigenvalue weighted by Crippen LogP contribution is 2.45. The quantitative estimate of drug-likeness (QED) is 0.445. The summed E-state index contributed by atoms with van der Waals surface area (Å²) in [5.41, 5.74) is 2.41. The average molecular weight is 552 g/mol. The molecule has 3 aliphatic heterocycles. The fraction of sp³-hybridized carbons (Fsp3) is 0.581. The van der Waals surface area contributed by atoms with E-state index in [1.54, 1.807) is 17.3 Å². The van der Waals surface area contributed by atoms with Crippen molar-refractivity contribution in [2.75, 3.05) is 44.4 Å². The van der Waals surface area contributed by atoms with E-state index >= 15 is 0 Å². The predicted octanol–water partition coefficient (Wildman–Crippen LogP) is 4.11. The van der Waals surface area contributed by atoms with Crippen molar-refractivity contribution in [2.24, 2.45) is 11.3 Å². The van der Waals surface area contributed by atoms with E-state index in [9.17, 15) is 14.7 Å². The first kappa shape index (κ1) is 28.5. The highest BCUT2D eigenvalue weighted by molar-refractivity contribution is 5.94. The summed E-state index contributed by atoms with van der Waals surface area (Å²) >= 11 is 0. The number of hydrogen-bond acceptors (Lipinski definition) is 7. The van der Waals surface area contributed by atoms with Crippen LogP contribution < -0.4 is 9.64 Å². The Morgan fingerprint density at radius 1 is 1.18 bits per heavy atom. The largest absolute Gasteiger partial charge is 0.493 e. The third-order valence-corrected chi connectivity index (χ3v) is 8.50. The van der Waals surface area contributed by atoms with E-state index in [1.165, 1.54) is 0 Å². The molecule has 1 aromatic carbocycles. The van der Waals surface area contributed by atoms with Crippen molar-refractivity contribution >= 4 is 17.6 Å². The molecule has 40 heavy (non-hydrogen) atoms. The van der Waals surface area contributed by atoms with E-state index in [0.717, 1.165) is 41.8 Å². The van der Waals surface area contributed by atoms with Gasteiger partial charge in [-0.05, 0) is 42.2 Å². The van der Waals surface area contributed by atoms with Crippen molar-refractivity contribution in [1.82, 2.24) is 9.88 Å². The number of carbonyl (C=O) groups excluding carboxylic acids is 1. The molecule has 0 radical (unpaired) electrons. The number of aliphatic carboxylic acids is 1. The molecule has 3 aliphatic rings. The van der Waals surface area contributed by atoms with Gasteiger partial charge in [0, 0.05) is 43.1 Å². The minimum atomic E-state index is -0.846. The number of ether oxygens (including phenoxy) is 3. The van der Waals surface area contributed by atoms with Crippen LogP contribution >= 0.6 is 0 Å². The molecular weight excluding hydrogens is 510 g/mol. The van der Waals surface area contributed by atoms with Gasteiger partial charge >= 0.3 is 5.97 Å². The standard InChI is InChI=1S/C31H41N3O6/c1-4-5-12-34(23-7-6-11-32-18-23)27(35)20-33-19-24(21-8-9-26-22(16-21)10-13-38-26)28(29(36)37)25(33)17-31(2,3)30-39-14-15-40-30/h6-9,11,16,18,24-25,28,30H,4-5,10,12-15,17,19-20H2,1-3H3,(H,36,37)/t24-,25+,28?/m1/s1. The lowest BCUT2D eigenvalue weighted by atomic mass is 9.77. The summed E-state index contributed by atoms with van der Waals surface area (Å²) in [4.78, 5) is 34.9. The lowest BCUT2D eigenvalue weighted by Crippen LogP contribution is -2.47. The van der Waals surface area contributed by atoms with E-state index in [0.29, 0.717) is 39.3 Å². The van der Waals surface area contributed by atoms with Gasteiger partial charge in [-0.2, -0.15) is 0 Å². The molecule has 1 N–H and O–H groups in total. The second kappa shape index (κ2) is 12.2. The van der Waals surface area contributed by atoms with E-state index in [4.69, 9.17) is 14.2 Å². The third kappa shape index (κ3) is 6.01. The molecular formula is C31H41N3O6. The molecule has 3 atom stereocenters. The molecule has 1 amide bonds. The number of fused-ring (bicyclic) bond motifs is 1. The molecule has 0 spiro atoms. The number of nitrogens with zero attached hydrogens (tertiary/aromatic N) is 3. The number of unbranched alkanes of at least 4 members (excludes halogenated alkanes) is 1. The van der Waals surface area contributed by atoms with Crippen molar-refractivity contribution in [3.8, 4) is 5.75 Å². The van der Waals surface area contributed by atoms with Crippen molar-refractivity contribution in [3.63, 3.8) is 0 Å². The minimum Gasteiger partial charge on any atom is -0.493 e. The van der Waals surface area contributed by atoms with Crippen LogP contribution in [-0.4, -0.2) is 78.7 Å². The van der Waals surface area contributed by atoms with Crippen molar-refractivity contribution in [3.05, 3.63) is 53.9 Å². The average Bonchev–Trinajstić information content (AvgIpc) is 3.70. The molecule has 9 heteroatoms. The molecule has 0 bridgehead atoms. The number of anilines is 1. The minimum absolute atomic E-state index is 0.0511. The normalized spacial score (nSPS) is 23.2. The highest BCUT2D eigenvalue weighted by atomic mass is 16.7. The molecule has 5 rings (SSSR count).